The van der Waals surface area contributed by atoms with Gasteiger partial charge >= 0.3 is 5.97 Å². The van der Waals surface area contributed by atoms with Crippen molar-refractivity contribution in [2.24, 2.45) is 11.8 Å². The van der Waals surface area contributed by atoms with E-state index in [9.17, 15) is 14.4 Å². The SMILES string of the molecule is CCOC(=O)c1ccccc1NC(=O)C1CCC(C(=O)N2CCCC2)CC1. The number of benzene rings is 1. The lowest BCUT2D eigenvalue weighted by Crippen LogP contribution is -2.37. The summed E-state index contributed by atoms with van der Waals surface area (Å²) in [6.07, 6.45) is 5.13. The van der Waals surface area contributed by atoms with Crippen molar-refractivity contribution in [2.45, 2.75) is 45.4 Å². The summed E-state index contributed by atoms with van der Waals surface area (Å²) in [6, 6.07) is 6.90. The second kappa shape index (κ2) is 9.02. The maximum absolute atomic E-state index is 12.7. The number of hydrogen-bond donors (Lipinski definition) is 1. The van der Waals surface area contributed by atoms with Crippen LogP contribution in [0.25, 0.3) is 0 Å². The minimum atomic E-state index is -0.437. The number of carbonyl (C=O) groups is 3. The largest absolute Gasteiger partial charge is 0.462 e. The Morgan fingerprint density at radius 3 is 2.33 bits per heavy atom. The summed E-state index contributed by atoms with van der Waals surface area (Å²) >= 11 is 0. The third-order valence-corrected chi connectivity index (χ3v) is 5.55. The van der Waals surface area contributed by atoms with E-state index in [0.29, 0.717) is 24.1 Å². The molecule has 0 bridgehead atoms. The molecular weight excluding hydrogens is 344 g/mol. The number of hydrogen-bond acceptors (Lipinski definition) is 4. The lowest BCUT2D eigenvalue weighted by molar-refractivity contribution is -0.136. The summed E-state index contributed by atoms with van der Waals surface area (Å²) in [7, 11) is 0. The number of likely N-dealkylation sites (tertiary alicyclic amines) is 1. The minimum Gasteiger partial charge on any atom is -0.462 e. The zero-order valence-electron chi connectivity index (χ0n) is 15.9. The van der Waals surface area contributed by atoms with Crippen molar-refractivity contribution in [1.82, 2.24) is 4.90 Å². The van der Waals surface area contributed by atoms with E-state index in [0.717, 1.165) is 38.8 Å². The van der Waals surface area contributed by atoms with Crippen LogP contribution in [0.15, 0.2) is 24.3 Å². The number of nitrogens with one attached hydrogen (secondary N) is 1. The number of ether oxygens (including phenoxy) is 1. The van der Waals surface area contributed by atoms with E-state index in [1.54, 1.807) is 31.2 Å². The first-order valence-electron chi connectivity index (χ1n) is 9.96. The van der Waals surface area contributed by atoms with E-state index >= 15 is 0 Å². The van der Waals surface area contributed by atoms with Crippen molar-refractivity contribution in [3.63, 3.8) is 0 Å². The predicted molar refractivity (Wildman–Crippen MR) is 102 cm³/mol. The smallest absolute Gasteiger partial charge is 0.340 e. The third-order valence-electron chi connectivity index (χ3n) is 5.55. The average molecular weight is 372 g/mol. The fourth-order valence-electron chi connectivity index (χ4n) is 4.01. The molecule has 1 aliphatic heterocycles. The quantitative estimate of drug-likeness (QED) is 0.805. The number of nitrogens with zero attached hydrogens (tertiary/aromatic N) is 1. The molecule has 0 spiro atoms. The molecule has 3 rings (SSSR count). The van der Waals surface area contributed by atoms with Gasteiger partial charge in [0, 0.05) is 24.9 Å². The second-order valence-electron chi connectivity index (χ2n) is 7.34. The van der Waals surface area contributed by atoms with Gasteiger partial charge in [-0.3, -0.25) is 9.59 Å². The van der Waals surface area contributed by atoms with Crippen LogP contribution >= 0.6 is 0 Å². The van der Waals surface area contributed by atoms with Crippen molar-refractivity contribution in [3.05, 3.63) is 29.8 Å². The van der Waals surface area contributed by atoms with Gasteiger partial charge in [-0.1, -0.05) is 12.1 Å². The molecule has 1 aliphatic carbocycles. The molecule has 0 unspecified atom stereocenters. The van der Waals surface area contributed by atoms with Gasteiger partial charge in [0.15, 0.2) is 0 Å². The van der Waals surface area contributed by atoms with Crippen LogP contribution in [0, 0.1) is 11.8 Å². The Kier molecular flexibility index (Phi) is 6.48. The highest BCUT2D eigenvalue weighted by molar-refractivity contribution is 6.01. The molecule has 6 nitrogen and oxygen atoms in total. The molecule has 1 aromatic rings. The summed E-state index contributed by atoms with van der Waals surface area (Å²) in [4.78, 5) is 39.2. The molecule has 1 heterocycles. The fraction of sp³-hybridized carbons (Fsp3) is 0.571. The molecule has 0 aromatic heterocycles. The second-order valence-corrected chi connectivity index (χ2v) is 7.34. The van der Waals surface area contributed by atoms with Crippen LogP contribution in [0.3, 0.4) is 0 Å². The van der Waals surface area contributed by atoms with Crippen LogP contribution < -0.4 is 5.32 Å². The normalized spacial score (nSPS) is 22.3. The summed E-state index contributed by atoms with van der Waals surface area (Å²) in [5.74, 6) is -0.326. The van der Waals surface area contributed by atoms with E-state index in [-0.39, 0.29) is 30.3 Å². The van der Waals surface area contributed by atoms with Crippen LogP contribution in [-0.2, 0) is 14.3 Å². The van der Waals surface area contributed by atoms with Gasteiger partial charge in [0.1, 0.15) is 0 Å². The van der Waals surface area contributed by atoms with Gasteiger partial charge in [-0.25, -0.2) is 4.79 Å². The van der Waals surface area contributed by atoms with Crippen molar-refractivity contribution in [2.75, 3.05) is 25.0 Å². The van der Waals surface area contributed by atoms with Gasteiger partial charge < -0.3 is 15.0 Å². The first kappa shape index (κ1) is 19.4. The molecule has 1 saturated heterocycles. The average Bonchev–Trinajstić information content (AvgIpc) is 3.23. The lowest BCUT2D eigenvalue weighted by Gasteiger charge is -2.30. The highest BCUT2D eigenvalue weighted by Crippen LogP contribution is 2.32. The van der Waals surface area contributed by atoms with Gasteiger partial charge in [0.25, 0.3) is 0 Å². The van der Waals surface area contributed by atoms with Crippen LogP contribution in [0.2, 0.25) is 0 Å². The van der Waals surface area contributed by atoms with Crippen molar-refractivity contribution in [3.8, 4) is 0 Å². The summed E-state index contributed by atoms with van der Waals surface area (Å²) < 4.78 is 5.05. The number of esters is 1. The Morgan fingerprint density at radius 1 is 1.04 bits per heavy atom. The van der Waals surface area contributed by atoms with Gasteiger partial charge in [-0.15, -0.1) is 0 Å². The van der Waals surface area contributed by atoms with Crippen molar-refractivity contribution < 1.29 is 19.1 Å². The van der Waals surface area contributed by atoms with Gasteiger partial charge in [-0.05, 0) is 57.6 Å². The summed E-state index contributed by atoms with van der Waals surface area (Å²) in [6.45, 7) is 3.80. The zero-order chi connectivity index (χ0) is 19.2. The van der Waals surface area contributed by atoms with Gasteiger partial charge in [0.2, 0.25) is 11.8 Å². The third kappa shape index (κ3) is 4.67. The number of amides is 2. The zero-order valence-corrected chi connectivity index (χ0v) is 15.9. The molecule has 1 aromatic carbocycles. The number of para-hydroxylation sites is 1. The molecule has 27 heavy (non-hydrogen) atoms. The number of carbonyl (C=O) groups excluding carboxylic acids is 3. The minimum absolute atomic E-state index is 0.0546. The van der Waals surface area contributed by atoms with Crippen molar-refractivity contribution >= 4 is 23.5 Å². The Morgan fingerprint density at radius 2 is 1.67 bits per heavy atom. The standard InChI is InChI=1S/C21H28N2O4/c1-2-27-21(26)17-7-3-4-8-18(17)22-19(24)15-9-11-16(12-10-15)20(25)23-13-5-6-14-23/h3-4,7-8,15-16H,2,5-6,9-14H2,1H3,(H,22,24). The lowest BCUT2D eigenvalue weighted by atomic mass is 9.81. The molecule has 1 N–H and O–H groups in total. The van der Waals surface area contributed by atoms with Gasteiger partial charge in [0.05, 0.1) is 17.9 Å². The molecule has 2 amide bonds. The van der Waals surface area contributed by atoms with E-state index in [1.165, 1.54) is 0 Å². The topological polar surface area (TPSA) is 75.7 Å². The molecule has 2 aliphatic rings. The Hall–Kier alpha value is -2.37. The maximum atomic E-state index is 12.7. The predicted octanol–water partition coefficient (Wildman–Crippen LogP) is 3.23. The van der Waals surface area contributed by atoms with E-state index < -0.39 is 5.97 Å². The monoisotopic (exact) mass is 372 g/mol. The molecule has 2 fully saturated rings. The summed E-state index contributed by atoms with van der Waals surface area (Å²) in [5.41, 5.74) is 0.849. The van der Waals surface area contributed by atoms with E-state index in [4.69, 9.17) is 4.74 Å². The molecule has 0 atom stereocenters. The Balaban J connectivity index is 1.56. The van der Waals surface area contributed by atoms with E-state index in [1.807, 2.05) is 4.90 Å². The molecular formula is C21H28N2O4. The molecule has 146 valence electrons. The number of rotatable bonds is 5. The van der Waals surface area contributed by atoms with Crippen LogP contribution in [0.5, 0.6) is 0 Å². The highest BCUT2D eigenvalue weighted by Gasteiger charge is 2.33. The van der Waals surface area contributed by atoms with Crippen LogP contribution in [-0.4, -0.2) is 42.4 Å². The van der Waals surface area contributed by atoms with Crippen LogP contribution in [0.4, 0.5) is 5.69 Å². The van der Waals surface area contributed by atoms with E-state index in [2.05, 4.69) is 5.32 Å². The maximum Gasteiger partial charge on any atom is 0.340 e. The summed E-state index contributed by atoms with van der Waals surface area (Å²) in [5, 5.41) is 2.88. The van der Waals surface area contributed by atoms with Crippen LogP contribution in [0.1, 0.15) is 55.8 Å². The first-order chi connectivity index (χ1) is 13.1. The Bertz CT molecular complexity index is 689. The number of anilines is 1. The Labute approximate surface area is 160 Å². The first-order valence-corrected chi connectivity index (χ1v) is 9.96. The molecule has 6 heteroatoms. The van der Waals surface area contributed by atoms with Crippen molar-refractivity contribution in [1.29, 1.82) is 0 Å². The molecule has 0 radical (unpaired) electrons. The fourth-order valence-corrected chi connectivity index (χ4v) is 4.01. The highest BCUT2D eigenvalue weighted by atomic mass is 16.5. The van der Waals surface area contributed by atoms with Gasteiger partial charge in [-0.2, -0.15) is 0 Å². The molecule has 1 saturated carbocycles.